The molecule has 47 heavy (non-hydrogen) atoms. The molecule has 1 saturated heterocycles. The summed E-state index contributed by atoms with van der Waals surface area (Å²) >= 11 is 0. The van der Waals surface area contributed by atoms with Gasteiger partial charge in [0, 0.05) is 43.8 Å². The van der Waals surface area contributed by atoms with Gasteiger partial charge in [-0.05, 0) is 68.8 Å². The van der Waals surface area contributed by atoms with Gasteiger partial charge in [0.2, 0.25) is 17.6 Å². The Labute approximate surface area is 279 Å². The molecule has 3 aliphatic rings. The van der Waals surface area contributed by atoms with Crippen LogP contribution in [0.25, 0.3) is 0 Å². The van der Waals surface area contributed by atoms with Crippen molar-refractivity contribution in [1.82, 2.24) is 20.9 Å². The zero-order valence-corrected chi connectivity index (χ0v) is 29.0. The molecule has 1 aromatic rings. The first-order chi connectivity index (χ1) is 22.1. The number of nitrogens with one attached hydrogen (secondary N) is 3. The van der Waals surface area contributed by atoms with Crippen LogP contribution < -0.4 is 16.0 Å². The molecular weight excluding hydrogens is 596 g/mol. The molecule has 3 fully saturated rings. The smallest absolute Gasteiger partial charge is 0.315 e. The molecule has 0 spiro atoms. The number of nitrogens with zero attached hydrogens (tertiary/aromatic N) is 1. The molecule has 1 heterocycles. The number of rotatable bonds is 15. The molecule has 5 atom stereocenters. The first kappa shape index (κ1) is 36.3. The monoisotopic (exact) mass is 650 g/mol. The Morgan fingerprint density at radius 2 is 1.64 bits per heavy atom. The quantitative estimate of drug-likeness (QED) is 0.234. The third-order valence-corrected chi connectivity index (χ3v) is 10.4. The number of carbonyl (C=O) groups is 6. The highest BCUT2D eigenvalue weighted by Gasteiger charge is 2.69. The molecule has 10 nitrogen and oxygen atoms in total. The van der Waals surface area contributed by atoms with Crippen LogP contribution >= 0.6 is 0 Å². The van der Waals surface area contributed by atoms with Crippen molar-refractivity contribution in [2.75, 3.05) is 6.54 Å². The number of hydrogen-bond donors (Lipinski definition) is 3. The summed E-state index contributed by atoms with van der Waals surface area (Å²) < 4.78 is 0. The van der Waals surface area contributed by atoms with E-state index in [4.69, 9.17) is 0 Å². The Morgan fingerprint density at radius 3 is 2.26 bits per heavy atom. The van der Waals surface area contributed by atoms with Gasteiger partial charge in [-0.25, -0.2) is 4.79 Å². The molecule has 10 heteroatoms. The number of urea groups is 1. The fraction of sp³-hybridized carbons (Fsp3) is 0.676. The van der Waals surface area contributed by atoms with Crippen molar-refractivity contribution in [3.05, 3.63) is 35.9 Å². The van der Waals surface area contributed by atoms with E-state index < -0.39 is 41.1 Å². The molecule has 0 radical (unpaired) electrons. The van der Waals surface area contributed by atoms with Crippen molar-refractivity contribution >= 4 is 35.2 Å². The predicted octanol–water partition coefficient (Wildman–Crippen LogP) is 4.74. The lowest BCUT2D eigenvalue weighted by Gasteiger charge is -2.35. The first-order valence-electron chi connectivity index (χ1n) is 17.4. The summed E-state index contributed by atoms with van der Waals surface area (Å²) in [5.74, 6) is -2.72. The standard InChI is InChI=1S/C37H54N4O6/c1-7-13-25(33(45)27(42)18-19-29(44)38-21-23-14-9-8-10-15-23)20-28(43)32-30-26(37(30,5)6)22-41(32)34(46)31(24-16-11-12-17-24)39-35(47)40-36(2,3)4/h8-10,14-15,24-26,30-32H,7,11-13,16-22H2,1-6H3,(H,38,44)(H2,39,40,47)/t25?,26-,30-,31-,32+/m0/s1. The van der Waals surface area contributed by atoms with E-state index in [0.29, 0.717) is 25.9 Å². The lowest BCUT2D eigenvalue weighted by Crippen LogP contribution is -2.59. The Morgan fingerprint density at radius 1 is 0.979 bits per heavy atom. The minimum Gasteiger partial charge on any atom is -0.352 e. The van der Waals surface area contributed by atoms with Crippen LogP contribution in [0.5, 0.6) is 0 Å². The van der Waals surface area contributed by atoms with Crippen LogP contribution in [0.3, 0.4) is 0 Å². The van der Waals surface area contributed by atoms with Crippen molar-refractivity contribution in [2.24, 2.45) is 29.1 Å². The summed E-state index contributed by atoms with van der Waals surface area (Å²) in [6, 6.07) is 7.57. The SMILES string of the molecule is CCCC(CC(=O)[C@@H]1[C@@H]2[C@H](CN1C(=O)[C@@H](NC(=O)NC(C)(C)C)C1CCCC1)C2(C)C)C(=O)C(=O)CCC(=O)NCc1ccccc1. The van der Waals surface area contributed by atoms with Crippen molar-refractivity contribution in [3.8, 4) is 0 Å². The molecule has 2 aliphatic carbocycles. The van der Waals surface area contributed by atoms with Crippen molar-refractivity contribution in [1.29, 1.82) is 0 Å². The van der Waals surface area contributed by atoms with E-state index in [1.54, 1.807) is 4.90 Å². The van der Waals surface area contributed by atoms with Gasteiger partial charge in [-0.1, -0.05) is 70.4 Å². The van der Waals surface area contributed by atoms with E-state index in [1.165, 1.54) is 0 Å². The highest BCUT2D eigenvalue weighted by atomic mass is 16.2. The lowest BCUT2D eigenvalue weighted by atomic mass is 9.85. The van der Waals surface area contributed by atoms with Crippen LogP contribution in [0.1, 0.15) is 105 Å². The summed E-state index contributed by atoms with van der Waals surface area (Å²) in [5, 5.41) is 8.63. The van der Waals surface area contributed by atoms with E-state index in [-0.39, 0.29) is 60.0 Å². The number of ketones is 3. The second kappa shape index (κ2) is 15.1. The van der Waals surface area contributed by atoms with Gasteiger partial charge in [0.15, 0.2) is 11.6 Å². The van der Waals surface area contributed by atoms with E-state index >= 15 is 0 Å². The number of Topliss-reactive ketones (excluding diaryl/α,β-unsaturated/α-hetero) is 3. The van der Waals surface area contributed by atoms with Crippen LogP contribution in [0.2, 0.25) is 0 Å². The molecule has 0 bridgehead atoms. The number of hydrogen-bond acceptors (Lipinski definition) is 6. The van der Waals surface area contributed by atoms with Gasteiger partial charge >= 0.3 is 6.03 Å². The van der Waals surface area contributed by atoms with Crippen molar-refractivity contribution < 1.29 is 28.8 Å². The van der Waals surface area contributed by atoms with Gasteiger partial charge in [0.25, 0.3) is 0 Å². The molecule has 0 aromatic heterocycles. The van der Waals surface area contributed by atoms with E-state index in [2.05, 4.69) is 29.8 Å². The maximum atomic E-state index is 14.2. The number of piperidine rings is 1. The van der Waals surface area contributed by atoms with Crippen molar-refractivity contribution in [3.63, 3.8) is 0 Å². The predicted molar refractivity (Wildman–Crippen MR) is 179 cm³/mol. The highest BCUT2D eigenvalue weighted by molar-refractivity contribution is 6.38. The van der Waals surface area contributed by atoms with E-state index in [1.807, 2.05) is 58.0 Å². The second-order valence-electron chi connectivity index (χ2n) is 15.5. The minimum absolute atomic E-state index is 0.00848. The molecule has 1 unspecified atom stereocenters. The largest absolute Gasteiger partial charge is 0.352 e. The average Bonchev–Trinajstić information content (AvgIpc) is 3.45. The summed E-state index contributed by atoms with van der Waals surface area (Å²) in [6.07, 6.45) is 4.16. The first-order valence-corrected chi connectivity index (χ1v) is 17.4. The third kappa shape index (κ3) is 9.08. The van der Waals surface area contributed by atoms with Crippen LogP contribution in [0, 0.1) is 29.1 Å². The summed E-state index contributed by atoms with van der Waals surface area (Å²) in [7, 11) is 0. The molecule has 2 saturated carbocycles. The fourth-order valence-corrected chi connectivity index (χ4v) is 7.75. The van der Waals surface area contributed by atoms with Gasteiger partial charge in [-0.2, -0.15) is 0 Å². The zero-order valence-electron chi connectivity index (χ0n) is 29.0. The number of likely N-dealkylation sites (tertiary alicyclic amines) is 1. The molecular formula is C37H54N4O6. The van der Waals surface area contributed by atoms with Gasteiger partial charge in [0.1, 0.15) is 6.04 Å². The number of fused-ring (bicyclic) bond motifs is 1. The molecule has 4 rings (SSSR count). The van der Waals surface area contributed by atoms with Crippen molar-refractivity contribution in [2.45, 2.75) is 123 Å². The highest BCUT2D eigenvalue weighted by Crippen LogP contribution is 2.65. The Kier molecular flexibility index (Phi) is 11.7. The zero-order chi connectivity index (χ0) is 34.5. The average molecular weight is 651 g/mol. The van der Waals surface area contributed by atoms with Crippen LogP contribution in [-0.2, 0) is 30.5 Å². The summed E-state index contributed by atoms with van der Waals surface area (Å²) in [4.78, 5) is 81.7. The summed E-state index contributed by atoms with van der Waals surface area (Å²) in [5.41, 5.74) is 0.336. The molecule has 4 amide bonds. The number of benzene rings is 1. The Bertz CT molecular complexity index is 1330. The van der Waals surface area contributed by atoms with E-state index in [0.717, 1.165) is 31.2 Å². The Hall–Kier alpha value is -3.56. The Balaban J connectivity index is 1.42. The fourth-order valence-electron chi connectivity index (χ4n) is 7.75. The van der Waals surface area contributed by atoms with Gasteiger partial charge in [-0.15, -0.1) is 0 Å². The number of carbonyl (C=O) groups excluding carboxylic acids is 6. The normalized spacial score (nSPS) is 22.9. The maximum absolute atomic E-state index is 14.2. The van der Waals surface area contributed by atoms with Gasteiger partial charge in [-0.3, -0.25) is 24.0 Å². The van der Waals surface area contributed by atoms with Crippen LogP contribution in [0.15, 0.2) is 30.3 Å². The number of amides is 4. The molecule has 1 aliphatic heterocycles. The lowest BCUT2D eigenvalue weighted by molar-refractivity contribution is -0.144. The van der Waals surface area contributed by atoms with E-state index in [9.17, 15) is 28.8 Å². The van der Waals surface area contributed by atoms with Crippen LogP contribution in [-0.4, -0.2) is 64.3 Å². The minimum atomic E-state index is -0.799. The maximum Gasteiger partial charge on any atom is 0.315 e. The third-order valence-electron chi connectivity index (χ3n) is 10.4. The summed E-state index contributed by atoms with van der Waals surface area (Å²) in [6.45, 7) is 12.5. The molecule has 1 aromatic carbocycles. The van der Waals surface area contributed by atoms with Crippen LogP contribution in [0.4, 0.5) is 4.79 Å². The topological polar surface area (TPSA) is 142 Å². The second-order valence-corrected chi connectivity index (χ2v) is 15.5. The molecule has 3 N–H and O–H groups in total. The van der Waals surface area contributed by atoms with Gasteiger partial charge < -0.3 is 20.9 Å². The van der Waals surface area contributed by atoms with Gasteiger partial charge in [0.05, 0.1) is 6.04 Å². The molecule has 258 valence electrons.